The Bertz CT molecular complexity index is 1380. The van der Waals surface area contributed by atoms with Crippen LogP contribution < -0.4 is 5.32 Å². The van der Waals surface area contributed by atoms with Crippen molar-refractivity contribution in [1.82, 2.24) is 5.32 Å². The van der Waals surface area contributed by atoms with Crippen LogP contribution in [0.1, 0.15) is 271 Å². The first-order chi connectivity index (χ1) is 34.7. The topological polar surface area (TPSA) is 69.6 Å². The first-order valence-electron chi connectivity index (χ1n) is 29.7. The number of carbonyl (C=O) groups excluding carboxylic acids is 1. The maximum absolute atomic E-state index is 12.5. The summed E-state index contributed by atoms with van der Waals surface area (Å²) in [5, 5.41) is 23.2. The van der Waals surface area contributed by atoms with Gasteiger partial charge in [-0.1, -0.05) is 289 Å². The number of rotatable bonds is 53. The third-order valence-electron chi connectivity index (χ3n) is 12.9. The lowest BCUT2D eigenvalue weighted by atomic mass is 10.0. The number of carbonyl (C=O) groups is 1. The highest BCUT2D eigenvalue weighted by Gasteiger charge is 2.18. The maximum atomic E-state index is 12.5. The van der Waals surface area contributed by atoms with Gasteiger partial charge in [-0.25, -0.2) is 0 Å². The molecular weight excluding hydrogens is 855 g/mol. The van der Waals surface area contributed by atoms with E-state index in [2.05, 4.69) is 129 Å². The molecular formula is C66H113NO3. The third kappa shape index (κ3) is 55.7. The van der Waals surface area contributed by atoms with Gasteiger partial charge in [-0.05, 0) is 96.3 Å². The molecule has 0 heterocycles. The number of hydrogen-bond donors (Lipinski definition) is 3. The van der Waals surface area contributed by atoms with E-state index in [1.54, 1.807) is 6.08 Å². The number of allylic oxidation sites excluding steroid dienone is 19. The Labute approximate surface area is 435 Å². The van der Waals surface area contributed by atoms with Crippen LogP contribution in [0.25, 0.3) is 0 Å². The van der Waals surface area contributed by atoms with Crippen molar-refractivity contribution >= 4 is 5.91 Å². The molecule has 0 aromatic heterocycles. The van der Waals surface area contributed by atoms with Gasteiger partial charge in [-0.3, -0.25) is 4.79 Å². The molecule has 0 fully saturated rings. The maximum Gasteiger partial charge on any atom is 0.220 e. The fraction of sp³-hybridized carbons (Fsp3) is 0.682. The molecule has 2 atom stereocenters. The van der Waals surface area contributed by atoms with Crippen molar-refractivity contribution in [3.63, 3.8) is 0 Å². The molecule has 3 N–H and O–H groups in total. The van der Waals surface area contributed by atoms with Gasteiger partial charge in [0.05, 0.1) is 18.8 Å². The van der Waals surface area contributed by atoms with Crippen LogP contribution in [0.3, 0.4) is 0 Å². The largest absolute Gasteiger partial charge is 0.394 e. The van der Waals surface area contributed by atoms with Crippen molar-refractivity contribution in [3.8, 4) is 0 Å². The zero-order chi connectivity index (χ0) is 50.6. The van der Waals surface area contributed by atoms with E-state index >= 15 is 0 Å². The van der Waals surface area contributed by atoms with Crippen LogP contribution in [0.4, 0.5) is 0 Å². The SMILES string of the molecule is CC/C=C\C/C=C\C/C=C\C/C=C\C/C=C\C/C=C\C/C=C\C/C=C\CCCCCCCCCCC(=O)NC(CO)C(O)/C=C/CC/C=C/CCCCCCCCCCCCCCCCCCCCC. The van der Waals surface area contributed by atoms with E-state index in [0.29, 0.717) is 6.42 Å². The quantitative estimate of drug-likeness (QED) is 0.0420. The Hall–Kier alpha value is -3.21. The Balaban J connectivity index is 3.62. The minimum atomic E-state index is -0.876. The molecule has 0 aromatic rings. The lowest BCUT2D eigenvalue weighted by Gasteiger charge is -2.19. The van der Waals surface area contributed by atoms with E-state index < -0.39 is 12.1 Å². The third-order valence-corrected chi connectivity index (χ3v) is 12.9. The molecule has 4 nitrogen and oxygen atoms in total. The van der Waals surface area contributed by atoms with Gasteiger partial charge in [0.15, 0.2) is 0 Å². The average Bonchev–Trinajstić information content (AvgIpc) is 3.36. The summed E-state index contributed by atoms with van der Waals surface area (Å²) in [5.41, 5.74) is 0. The Morgan fingerprint density at radius 1 is 0.357 bits per heavy atom. The second-order valence-electron chi connectivity index (χ2n) is 19.7. The van der Waals surface area contributed by atoms with Crippen molar-refractivity contribution < 1.29 is 15.0 Å². The van der Waals surface area contributed by atoms with Crippen molar-refractivity contribution in [2.75, 3.05) is 6.61 Å². The summed E-state index contributed by atoms with van der Waals surface area (Å²) >= 11 is 0. The van der Waals surface area contributed by atoms with E-state index in [9.17, 15) is 15.0 Å². The molecule has 400 valence electrons. The summed E-state index contributed by atoms with van der Waals surface area (Å²) in [7, 11) is 0. The molecule has 2 unspecified atom stereocenters. The van der Waals surface area contributed by atoms with Crippen molar-refractivity contribution in [1.29, 1.82) is 0 Å². The molecule has 0 spiro atoms. The Morgan fingerprint density at radius 3 is 1.00 bits per heavy atom. The van der Waals surface area contributed by atoms with Gasteiger partial charge >= 0.3 is 0 Å². The highest BCUT2D eigenvalue weighted by molar-refractivity contribution is 5.76. The highest BCUT2D eigenvalue weighted by Crippen LogP contribution is 2.16. The molecule has 0 bridgehead atoms. The molecule has 70 heavy (non-hydrogen) atoms. The number of nitrogens with one attached hydrogen (secondary N) is 1. The molecule has 0 rings (SSSR count). The van der Waals surface area contributed by atoms with Crippen LogP contribution in [0.5, 0.6) is 0 Å². The van der Waals surface area contributed by atoms with Gasteiger partial charge in [-0.15, -0.1) is 0 Å². The predicted molar refractivity (Wildman–Crippen MR) is 312 cm³/mol. The van der Waals surface area contributed by atoms with Gasteiger partial charge in [-0.2, -0.15) is 0 Å². The van der Waals surface area contributed by atoms with E-state index in [1.165, 1.54) is 154 Å². The van der Waals surface area contributed by atoms with E-state index in [0.717, 1.165) is 96.3 Å². The number of aliphatic hydroxyl groups excluding tert-OH is 2. The fourth-order valence-corrected chi connectivity index (χ4v) is 8.45. The fourth-order valence-electron chi connectivity index (χ4n) is 8.45. The van der Waals surface area contributed by atoms with Gasteiger partial charge in [0.25, 0.3) is 0 Å². The van der Waals surface area contributed by atoms with E-state index in [1.807, 2.05) is 6.08 Å². The number of hydrogen-bond acceptors (Lipinski definition) is 3. The molecule has 4 heteroatoms. The minimum absolute atomic E-state index is 0.0855. The standard InChI is InChI=1S/C66H113NO3/c1-3-5-7-9-11-13-15-17-19-21-23-25-27-29-30-31-32-33-34-35-36-38-40-42-44-46-48-50-52-54-56-58-60-62-66(70)67-64(63-68)65(69)61-59-57-55-53-51-49-47-45-43-41-39-37-28-26-24-22-20-18-16-14-12-10-8-6-4-2/h5,7,11,13,17,19,23,25,29-30,32-33,35-36,40,42,51,53,59,61,64-65,68-69H,3-4,6,8-10,12,14-16,18,20-22,24,26-28,31,34,37-39,41,43-50,52,54-58,60,62-63H2,1-2H3,(H,67,70)/b7-5-,13-11-,19-17-,25-23-,30-29-,33-32-,36-35-,42-40-,53-51+,61-59+. The normalized spacial score (nSPS) is 13.7. The second kappa shape index (κ2) is 60.1. The smallest absolute Gasteiger partial charge is 0.220 e. The van der Waals surface area contributed by atoms with Crippen LogP contribution in [0.2, 0.25) is 0 Å². The molecule has 0 saturated carbocycles. The second-order valence-corrected chi connectivity index (χ2v) is 19.7. The lowest BCUT2D eigenvalue weighted by molar-refractivity contribution is -0.123. The van der Waals surface area contributed by atoms with Gasteiger partial charge in [0.2, 0.25) is 5.91 Å². The van der Waals surface area contributed by atoms with E-state index in [-0.39, 0.29) is 12.5 Å². The van der Waals surface area contributed by atoms with Gasteiger partial charge in [0.1, 0.15) is 0 Å². The summed E-state index contributed by atoms with van der Waals surface area (Å²) in [6.45, 7) is 4.19. The van der Waals surface area contributed by atoms with Crippen LogP contribution in [0, 0.1) is 0 Å². The van der Waals surface area contributed by atoms with Crippen molar-refractivity contribution in [3.05, 3.63) is 122 Å². The molecule has 0 saturated heterocycles. The lowest BCUT2D eigenvalue weighted by Crippen LogP contribution is -2.45. The summed E-state index contributed by atoms with van der Waals surface area (Å²) in [6, 6.07) is -0.654. The van der Waals surface area contributed by atoms with Crippen LogP contribution in [-0.2, 0) is 4.79 Å². The first kappa shape index (κ1) is 66.8. The Kier molecular flexibility index (Phi) is 57.3. The molecule has 0 aliphatic carbocycles. The van der Waals surface area contributed by atoms with Crippen molar-refractivity contribution in [2.24, 2.45) is 0 Å². The predicted octanol–water partition coefficient (Wildman–Crippen LogP) is 20.0. The molecule has 0 aromatic carbocycles. The highest BCUT2D eigenvalue weighted by atomic mass is 16.3. The first-order valence-corrected chi connectivity index (χ1v) is 29.7. The number of amides is 1. The van der Waals surface area contributed by atoms with Crippen LogP contribution in [0.15, 0.2) is 122 Å². The monoisotopic (exact) mass is 968 g/mol. The van der Waals surface area contributed by atoms with Gasteiger partial charge in [0, 0.05) is 6.42 Å². The number of aliphatic hydroxyl groups is 2. The van der Waals surface area contributed by atoms with Crippen LogP contribution in [-0.4, -0.2) is 34.9 Å². The summed E-state index contributed by atoms with van der Waals surface area (Å²) < 4.78 is 0. The Morgan fingerprint density at radius 2 is 0.643 bits per heavy atom. The minimum Gasteiger partial charge on any atom is -0.394 e. The van der Waals surface area contributed by atoms with Gasteiger partial charge < -0.3 is 15.5 Å². The molecule has 0 aliphatic heterocycles. The van der Waals surface area contributed by atoms with Crippen LogP contribution >= 0.6 is 0 Å². The van der Waals surface area contributed by atoms with E-state index in [4.69, 9.17) is 0 Å². The number of unbranched alkanes of at least 4 members (excludes halogenated alkanes) is 28. The zero-order valence-electron chi connectivity index (χ0n) is 46.0. The molecule has 0 radical (unpaired) electrons. The van der Waals surface area contributed by atoms with Crippen molar-refractivity contribution in [2.45, 2.75) is 283 Å². The average molecular weight is 969 g/mol. The summed E-state index contributed by atoms with van der Waals surface area (Å²) in [6.07, 6.45) is 92.2. The molecule has 1 amide bonds. The summed E-state index contributed by atoms with van der Waals surface area (Å²) in [4.78, 5) is 12.5. The summed E-state index contributed by atoms with van der Waals surface area (Å²) in [5.74, 6) is -0.0855. The zero-order valence-corrected chi connectivity index (χ0v) is 46.0. The molecule has 0 aliphatic rings.